The van der Waals surface area contributed by atoms with Gasteiger partial charge in [-0.1, -0.05) is 56.3 Å². The number of ether oxygens (including phenoxy) is 2. The highest BCUT2D eigenvalue weighted by molar-refractivity contribution is 5.66. The van der Waals surface area contributed by atoms with Crippen molar-refractivity contribution in [1.82, 2.24) is 4.90 Å². The zero-order valence-electron chi connectivity index (χ0n) is 20.6. The van der Waals surface area contributed by atoms with Gasteiger partial charge in [0.25, 0.3) is 0 Å². The molecular formula is C29H32F3NO2. The predicted molar refractivity (Wildman–Crippen MR) is 133 cm³/mol. The van der Waals surface area contributed by atoms with Crippen LogP contribution in [0.1, 0.15) is 48.8 Å². The average molecular weight is 484 g/mol. The van der Waals surface area contributed by atoms with Crippen LogP contribution in [0.3, 0.4) is 0 Å². The Kier molecular flexibility index (Phi) is 7.41. The Hall–Kier alpha value is -2.99. The van der Waals surface area contributed by atoms with Crippen LogP contribution in [0.15, 0.2) is 66.7 Å². The van der Waals surface area contributed by atoms with Crippen LogP contribution in [0.2, 0.25) is 0 Å². The lowest BCUT2D eigenvalue weighted by Gasteiger charge is -2.23. The minimum atomic E-state index is -4.67. The molecule has 0 bridgehead atoms. The van der Waals surface area contributed by atoms with Crippen molar-refractivity contribution in [2.45, 2.75) is 45.0 Å². The van der Waals surface area contributed by atoms with E-state index in [0.29, 0.717) is 24.3 Å². The monoisotopic (exact) mass is 483 g/mol. The van der Waals surface area contributed by atoms with Crippen molar-refractivity contribution in [3.63, 3.8) is 0 Å². The third-order valence-electron chi connectivity index (χ3n) is 7.25. The summed E-state index contributed by atoms with van der Waals surface area (Å²) in [6, 6.07) is 21.1. The molecule has 0 saturated carbocycles. The Morgan fingerprint density at radius 1 is 0.829 bits per heavy atom. The molecule has 4 rings (SSSR count). The molecule has 0 fully saturated rings. The summed E-state index contributed by atoms with van der Waals surface area (Å²) in [4.78, 5) is 2.22. The third-order valence-corrected chi connectivity index (χ3v) is 7.25. The van der Waals surface area contributed by atoms with Gasteiger partial charge in [0, 0.05) is 6.54 Å². The molecule has 3 aromatic rings. The van der Waals surface area contributed by atoms with Crippen molar-refractivity contribution in [2.24, 2.45) is 5.92 Å². The van der Waals surface area contributed by atoms with E-state index in [-0.39, 0.29) is 5.75 Å². The Morgan fingerprint density at radius 2 is 1.46 bits per heavy atom. The van der Waals surface area contributed by atoms with Crippen molar-refractivity contribution in [3.8, 4) is 22.6 Å². The lowest BCUT2D eigenvalue weighted by molar-refractivity contribution is -0.274. The summed E-state index contributed by atoms with van der Waals surface area (Å²) in [5.74, 6) is 2.17. The van der Waals surface area contributed by atoms with E-state index in [1.54, 1.807) is 19.2 Å². The number of fused-ring (bicyclic) bond motifs is 1. The molecule has 3 aromatic carbocycles. The first-order chi connectivity index (χ1) is 16.6. The van der Waals surface area contributed by atoms with E-state index in [4.69, 9.17) is 4.74 Å². The zero-order chi connectivity index (χ0) is 25.2. The fourth-order valence-corrected chi connectivity index (χ4v) is 5.15. The SMILES string of the molecule is COc1ccc(-c2ccc3c(c2)C(C)[C@@H](C)C3CCN(C)Cc2ccc(OC(F)(F)F)cc2)cc1. The van der Waals surface area contributed by atoms with E-state index in [1.165, 1.54) is 34.4 Å². The average Bonchev–Trinajstić information content (AvgIpc) is 3.07. The van der Waals surface area contributed by atoms with Gasteiger partial charge in [-0.2, -0.15) is 0 Å². The fraction of sp³-hybridized carbons (Fsp3) is 0.379. The van der Waals surface area contributed by atoms with E-state index >= 15 is 0 Å². The van der Waals surface area contributed by atoms with Crippen LogP contribution in [0.4, 0.5) is 13.2 Å². The van der Waals surface area contributed by atoms with Gasteiger partial charge in [0.1, 0.15) is 11.5 Å². The van der Waals surface area contributed by atoms with Crippen molar-refractivity contribution < 1.29 is 22.6 Å². The van der Waals surface area contributed by atoms with Gasteiger partial charge in [0.05, 0.1) is 7.11 Å². The fourth-order valence-electron chi connectivity index (χ4n) is 5.15. The van der Waals surface area contributed by atoms with Crippen LogP contribution in [-0.2, 0) is 6.54 Å². The summed E-state index contributed by atoms with van der Waals surface area (Å²) < 4.78 is 46.3. The van der Waals surface area contributed by atoms with Gasteiger partial charge in [-0.15, -0.1) is 13.2 Å². The molecule has 0 N–H and O–H groups in total. The zero-order valence-corrected chi connectivity index (χ0v) is 20.6. The predicted octanol–water partition coefficient (Wildman–Crippen LogP) is 7.62. The van der Waals surface area contributed by atoms with E-state index < -0.39 is 6.36 Å². The second-order valence-electron chi connectivity index (χ2n) is 9.54. The molecule has 0 aromatic heterocycles. The van der Waals surface area contributed by atoms with Gasteiger partial charge in [-0.05, 0) is 89.8 Å². The smallest absolute Gasteiger partial charge is 0.497 e. The number of methoxy groups -OCH3 is 1. The van der Waals surface area contributed by atoms with Gasteiger partial charge in [0.2, 0.25) is 0 Å². The van der Waals surface area contributed by atoms with Crippen LogP contribution < -0.4 is 9.47 Å². The Balaban J connectivity index is 1.39. The molecule has 3 nitrogen and oxygen atoms in total. The maximum absolute atomic E-state index is 12.4. The number of alkyl halides is 3. The normalized spacial score (nSPS) is 19.6. The second-order valence-corrected chi connectivity index (χ2v) is 9.54. The molecular weight excluding hydrogens is 451 g/mol. The molecule has 0 heterocycles. The number of benzene rings is 3. The summed E-state index contributed by atoms with van der Waals surface area (Å²) in [6.45, 7) is 6.23. The minimum absolute atomic E-state index is 0.191. The molecule has 6 heteroatoms. The molecule has 1 aliphatic carbocycles. The van der Waals surface area contributed by atoms with E-state index in [2.05, 4.69) is 60.9 Å². The maximum atomic E-state index is 12.4. The highest BCUT2D eigenvalue weighted by Gasteiger charge is 2.35. The maximum Gasteiger partial charge on any atom is 0.573 e. The highest BCUT2D eigenvalue weighted by Crippen LogP contribution is 2.48. The van der Waals surface area contributed by atoms with Crippen LogP contribution in [0, 0.1) is 5.92 Å². The van der Waals surface area contributed by atoms with Gasteiger partial charge >= 0.3 is 6.36 Å². The summed E-state index contributed by atoms with van der Waals surface area (Å²) >= 11 is 0. The number of nitrogens with zero attached hydrogens (tertiary/aromatic N) is 1. The molecule has 2 unspecified atom stereocenters. The summed E-state index contributed by atoms with van der Waals surface area (Å²) in [5, 5.41) is 0. The van der Waals surface area contributed by atoms with Gasteiger partial charge in [0.15, 0.2) is 0 Å². The Bertz CT molecular complexity index is 1130. The third kappa shape index (κ3) is 5.99. The first-order valence-electron chi connectivity index (χ1n) is 12.0. The first-order valence-corrected chi connectivity index (χ1v) is 12.0. The van der Waals surface area contributed by atoms with Crippen molar-refractivity contribution in [1.29, 1.82) is 0 Å². The molecule has 1 aliphatic rings. The van der Waals surface area contributed by atoms with Crippen LogP contribution in [0.25, 0.3) is 11.1 Å². The van der Waals surface area contributed by atoms with Gasteiger partial charge in [-0.25, -0.2) is 0 Å². The molecule has 0 amide bonds. The molecule has 0 aliphatic heterocycles. The molecule has 3 atom stereocenters. The van der Waals surface area contributed by atoms with Gasteiger partial charge in [-0.3, -0.25) is 0 Å². The van der Waals surface area contributed by atoms with E-state index in [0.717, 1.165) is 24.3 Å². The van der Waals surface area contributed by atoms with E-state index in [1.807, 2.05) is 12.1 Å². The standard InChI is InChI=1S/C29H32F3NO2/c1-19-20(2)28-17-23(22-7-12-24(34-4)13-8-22)9-14-27(28)26(19)15-16-33(3)18-21-5-10-25(11-6-21)35-29(30,31)32/h5-14,17,19-20,26H,15-16,18H2,1-4H3/t19-,20?,26?/m1/s1. The van der Waals surface area contributed by atoms with Crippen LogP contribution >= 0.6 is 0 Å². The lowest BCUT2D eigenvalue weighted by Crippen LogP contribution is -2.22. The number of halogens is 3. The number of hydrogen-bond acceptors (Lipinski definition) is 3. The summed E-state index contributed by atoms with van der Waals surface area (Å²) in [5.41, 5.74) is 6.23. The Morgan fingerprint density at radius 3 is 2.09 bits per heavy atom. The molecule has 186 valence electrons. The highest BCUT2D eigenvalue weighted by atomic mass is 19.4. The molecule has 0 radical (unpaired) electrons. The molecule has 35 heavy (non-hydrogen) atoms. The molecule has 0 saturated heterocycles. The van der Waals surface area contributed by atoms with Crippen LogP contribution in [0.5, 0.6) is 11.5 Å². The van der Waals surface area contributed by atoms with Gasteiger partial charge < -0.3 is 14.4 Å². The second kappa shape index (κ2) is 10.3. The topological polar surface area (TPSA) is 21.7 Å². The number of hydrogen-bond donors (Lipinski definition) is 0. The summed E-state index contributed by atoms with van der Waals surface area (Å²) in [6.07, 6.45) is -3.63. The van der Waals surface area contributed by atoms with Crippen LogP contribution in [-0.4, -0.2) is 32.0 Å². The number of rotatable bonds is 8. The Labute approximate surface area is 205 Å². The minimum Gasteiger partial charge on any atom is -0.497 e. The first kappa shape index (κ1) is 25.1. The van der Waals surface area contributed by atoms with Crippen molar-refractivity contribution in [2.75, 3.05) is 20.7 Å². The van der Waals surface area contributed by atoms with Crippen molar-refractivity contribution >= 4 is 0 Å². The van der Waals surface area contributed by atoms with E-state index in [9.17, 15) is 13.2 Å². The largest absolute Gasteiger partial charge is 0.573 e. The summed E-state index contributed by atoms with van der Waals surface area (Å²) in [7, 11) is 3.73. The quantitative estimate of drug-likeness (QED) is 0.329. The van der Waals surface area contributed by atoms with Crippen molar-refractivity contribution in [3.05, 3.63) is 83.4 Å². The molecule has 0 spiro atoms. The lowest BCUT2D eigenvalue weighted by atomic mass is 9.87.